The monoisotopic (exact) mass is 224 g/mol. The lowest BCUT2D eigenvalue weighted by atomic mass is 9.85. The molecule has 0 aromatic carbocycles. The van der Waals surface area contributed by atoms with Crippen LogP contribution in [0, 0.1) is 11.8 Å². The predicted octanol–water partition coefficient (Wildman–Crippen LogP) is 1.81. The number of nitrogens with one attached hydrogen (secondary N) is 1. The third kappa shape index (κ3) is 2.76. The number of hydrogen-bond donors (Lipinski definition) is 2. The fourth-order valence-electron chi connectivity index (χ4n) is 3.24. The van der Waals surface area contributed by atoms with Crippen molar-refractivity contribution in [3.8, 4) is 0 Å². The zero-order chi connectivity index (χ0) is 11.5. The first kappa shape index (κ1) is 11.9. The minimum Gasteiger partial charge on any atom is -0.369 e. The zero-order valence-electron chi connectivity index (χ0n) is 10.2. The van der Waals surface area contributed by atoms with Crippen LogP contribution in [0.4, 0.5) is 0 Å². The molecule has 2 fully saturated rings. The van der Waals surface area contributed by atoms with Crippen LogP contribution in [0.1, 0.15) is 51.9 Å². The number of primary amides is 1. The molecule has 2 rings (SSSR count). The Kier molecular flexibility index (Phi) is 3.85. The van der Waals surface area contributed by atoms with Crippen LogP contribution in [0.25, 0.3) is 0 Å². The Bertz CT molecular complexity index is 246. The Morgan fingerprint density at radius 1 is 1.12 bits per heavy atom. The van der Waals surface area contributed by atoms with Crippen molar-refractivity contribution >= 4 is 5.91 Å². The Balaban J connectivity index is 1.74. The van der Waals surface area contributed by atoms with Gasteiger partial charge in [-0.1, -0.05) is 13.3 Å². The Labute approximate surface area is 98.2 Å². The van der Waals surface area contributed by atoms with Gasteiger partial charge in [0.2, 0.25) is 5.91 Å². The quantitative estimate of drug-likeness (QED) is 0.768. The minimum absolute atomic E-state index is 0.104. The molecule has 92 valence electrons. The number of carbonyl (C=O) groups is 1. The van der Waals surface area contributed by atoms with Crippen molar-refractivity contribution in [2.45, 2.75) is 64.0 Å². The van der Waals surface area contributed by atoms with Crippen molar-refractivity contribution in [3.63, 3.8) is 0 Å². The second-order valence-electron chi connectivity index (χ2n) is 5.63. The van der Waals surface area contributed by atoms with Gasteiger partial charge in [0.25, 0.3) is 0 Å². The molecule has 0 aromatic heterocycles. The number of carbonyl (C=O) groups excluding carboxylic acids is 1. The first-order valence-electron chi connectivity index (χ1n) is 6.72. The van der Waals surface area contributed by atoms with E-state index in [9.17, 15) is 4.79 Å². The molecule has 16 heavy (non-hydrogen) atoms. The van der Waals surface area contributed by atoms with Crippen LogP contribution in [0.5, 0.6) is 0 Å². The summed E-state index contributed by atoms with van der Waals surface area (Å²) in [6.45, 7) is 2.35. The summed E-state index contributed by atoms with van der Waals surface area (Å²) in [5.74, 6) is 0.862. The first-order valence-corrected chi connectivity index (χ1v) is 6.72. The summed E-state index contributed by atoms with van der Waals surface area (Å²) in [6, 6.07) is 1.34. The van der Waals surface area contributed by atoms with Gasteiger partial charge >= 0.3 is 0 Å². The summed E-state index contributed by atoms with van der Waals surface area (Å²) >= 11 is 0. The van der Waals surface area contributed by atoms with Gasteiger partial charge in [-0.25, -0.2) is 0 Å². The molecule has 0 bridgehead atoms. The third-order valence-electron chi connectivity index (χ3n) is 4.44. The molecule has 0 saturated heterocycles. The van der Waals surface area contributed by atoms with Gasteiger partial charge in [0.05, 0.1) is 0 Å². The molecule has 0 spiro atoms. The summed E-state index contributed by atoms with van der Waals surface area (Å²) in [5, 5.41) is 3.77. The van der Waals surface area contributed by atoms with E-state index in [1.165, 1.54) is 19.3 Å². The van der Waals surface area contributed by atoms with E-state index in [-0.39, 0.29) is 11.8 Å². The molecular formula is C13H24N2O. The van der Waals surface area contributed by atoms with Crippen molar-refractivity contribution in [1.82, 2.24) is 5.32 Å². The molecule has 3 N–H and O–H groups in total. The van der Waals surface area contributed by atoms with E-state index < -0.39 is 0 Å². The lowest BCUT2D eigenvalue weighted by Gasteiger charge is -2.31. The fourth-order valence-corrected chi connectivity index (χ4v) is 3.24. The van der Waals surface area contributed by atoms with Crippen LogP contribution in [0.15, 0.2) is 0 Å². The van der Waals surface area contributed by atoms with Crippen molar-refractivity contribution in [1.29, 1.82) is 0 Å². The van der Waals surface area contributed by atoms with Gasteiger partial charge in [-0.05, 0) is 44.4 Å². The summed E-state index contributed by atoms with van der Waals surface area (Å²) in [4.78, 5) is 11.1. The molecule has 2 unspecified atom stereocenters. The largest absolute Gasteiger partial charge is 0.369 e. The van der Waals surface area contributed by atoms with Crippen molar-refractivity contribution in [3.05, 3.63) is 0 Å². The molecule has 0 heterocycles. The van der Waals surface area contributed by atoms with Crippen LogP contribution in [0.3, 0.4) is 0 Å². The van der Waals surface area contributed by atoms with E-state index in [1.807, 2.05) is 0 Å². The fraction of sp³-hybridized carbons (Fsp3) is 0.923. The predicted molar refractivity (Wildman–Crippen MR) is 64.9 cm³/mol. The second-order valence-corrected chi connectivity index (χ2v) is 5.63. The van der Waals surface area contributed by atoms with E-state index in [0.717, 1.165) is 37.6 Å². The van der Waals surface area contributed by atoms with Crippen molar-refractivity contribution < 1.29 is 4.79 Å². The van der Waals surface area contributed by atoms with Gasteiger partial charge in [-0.15, -0.1) is 0 Å². The third-order valence-corrected chi connectivity index (χ3v) is 4.44. The first-order chi connectivity index (χ1) is 7.66. The molecule has 2 aliphatic rings. The highest BCUT2D eigenvalue weighted by Crippen LogP contribution is 2.29. The van der Waals surface area contributed by atoms with Gasteiger partial charge in [0.1, 0.15) is 0 Å². The maximum Gasteiger partial charge on any atom is 0.220 e. The van der Waals surface area contributed by atoms with E-state index >= 15 is 0 Å². The van der Waals surface area contributed by atoms with Crippen LogP contribution >= 0.6 is 0 Å². The highest BCUT2D eigenvalue weighted by atomic mass is 16.1. The summed E-state index contributed by atoms with van der Waals surface area (Å²) in [6.07, 6.45) is 8.27. The van der Waals surface area contributed by atoms with Gasteiger partial charge < -0.3 is 11.1 Å². The van der Waals surface area contributed by atoms with Crippen molar-refractivity contribution in [2.24, 2.45) is 17.6 Å². The smallest absolute Gasteiger partial charge is 0.220 e. The normalized spacial score (nSPS) is 39.8. The molecule has 0 aliphatic heterocycles. The molecule has 2 atom stereocenters. The van der Waals surface area contributed by atoms with Gasteiger partial charge in [-0.2, -0.15) is 0 Å². The molecule has 2 aliphatic carbocycles. The average molecular weight is 224 g/mol. The molecule has 3 nitrogen and oxygen atoms in total. The number of hydrogen-bond acceptors (Lipinski definition) is 2. The van der Waals surface area contributed by atoms with E-state index in [0.29, 0.717) is 6.04 Å². The SMILES string of the molecule is CC1CCCC1NC1CCC(C(N)=O)CC1. The number of nitrogens with two attached hydrogens (primary N) is 1. The van der Waals surface area contributed by atoms with Crippen LogP contribution in [0.2, 0.25) is 0 Å². The van der Waals surface area contributed by atoms with E-state index in [2.05, 4.69) is 12.2 Å². The zero-order valence-corrected chi connectivity index (χ0v) is 10.2. The minimum atomic E-state index is -0.104. The molecule has 3 heteroatoms. The molecule has 0 radical (unpaired) electrons. The summed E-state index contributed by atoms with van der Waals surface area (Å²) < 4.78 is 0. The topological polar surface area (TPSA) is 55.1 Å². The maximum atomic E-state index is 11.1. The Morgan fingerprint density at radius 3 is 2.31 bits per heavy atom. The highest BCUT2D eigenvalue weighted by molar-refractivity contribution is 5.76. The van der Waals surface area contributed by atoms with Crippen LogP contribution in [-0.4, -0.2) is 18.0 Å². The molecule has 2 saturated carbocycles. The maximum absolute atomic E-state index is 11.1. The number of rotatable bonds is 3. The Morgan fingerprint density at radius 2 is 1.81 bits per heavy atom. The number of amides is 1. The highest BCUT2D eigenvalue weighted by Gasteiger charge is 2.29. The van der Waals surface area contributed by atoms with Crippen molar-refractivity contribution in [2.75, 3.05) is 0 Å². The average Bonchev–Trinajstić information content (AvgIpc) is 2.65. The van der Waals surface area contributed by atoms with Gasteiger partial charge in [-0.3, -0.25) is 4.79 Å². The Hall–Kier alpha value is -0.570. The molecule has 1 amide bonds. The summed E-state index contributed by atoms with van der Waals surface area (Å²) in [7, 11) is 0. The van der Waals surface area contributed by atoms with Gasteiger partial charge in [0.15, 0.2) is 0 Å². The lowest BCUT2D eigenvalue weighted by molar-refractivity contribution is -0.122. The summed E-state index contributed by atoms with van der Waals surface area (Å²) in [5.41, 5.74) is 5.34. The molecule has 0 aromatic rings. The standard InChI is InChI=1S/C13H24N2O/c1-9-3-2-4-12(9)15-11-7-5-10(6-8-11)13(14)16/h9-12,15H,2-8H2,1H3,(H2,14,16). The van der Waals surface area contributed by atoms with Gasteiger partial charge in [0, 0.05) is 18.0 Å². The lowest BCUT2D eigenvalue weighted by Crippen LogP contribution is -2.43. The molecular weight excluding hydrogens is 200 g/mol. The van der Waals surface area contributed by atoms with Crippen LogP contribution in [-0.2, 0) is 4.79 Å². The van der Waals surface area contributed by atoms with E-state index in [1.54, 1.807) is 0 Å². The van der Waals surface area contributed by atoms with Crippen LogP contribution < -0.4 is 11.1 Å². The van der Waals surface area contributed by atoms with E-state index in [4.69, 9.17) is 5.73 Å². The second kappa shape index (κ2) is 5.17.